The molecule has 0 spiro atoms. The average Bonchev–Trinajstić information content (AvgIpc) is 2.99. The summed E-state index contributed by atoms with van der Waals surface area (Å²) in [6.07, 6.45) is 9.67. The van der Waals surface area contributed by atoms with Gasteiger partial charge in [0, 0.05) is 9.75 Å². The molecule has 3 nitrogen and oxygen atoms in total. The first kappa shape index (κ1) is 27.5. The van der Waals surface area contributed by atoms with E-state index in [-0.39, 0.29) is 16.2 Å². The molecule has 0 saturated heterocycles. The molecule has 1 heterocycles. The topological polar surface area (TPSA) is 46.5 Å². The third-order valence-electron chi connectivity index (χ3n) is 8.38. The van der Waals surface area contributed by atoms with Gasteiger partial charge in [-0.05, 0) is 96.7 Å². The van der Waals surface area contributed by atoms with Crippen LogP contribution in [0.3, 0.4) is 0 Å². The Labute approximate surface area is 216 Å². The first-order chi connectivity index (χ1) is 15.9. The molecular formula is C29H44O3S2. The van der Waals surface area contributed by atoms with E-state index in [1.807, 2.05) is 13.8 Å². The number of aryl methyl sites for hydroxylation is 1. The minimum absolute atomic E-state index is 0.116. The fourth-order valence-electron chi connectivity index (χ4n) is 6.19. The molecule has 4 rings (SSSR count). The predicted octanol–water partition coefficient (Wildman–Crippen LogP) is 8.79. The number of allylic oxidation sites excluding steroid dienone is 3. The summed E-state index contributed by atoms with van der Waals surface area (Å²) in [7, 11) is 0. The highest BCUT2D eigenvalue weighted by atomic mass is 32.1. The molecule has 0 radical (unpaired) electrons. The van der Waals surface area contributed by atoms with E-state index in [1.165, 1.54) is 22.4 Å². The molecule has 1 fully saturated rings. The van der Waals surface area contributed by atoms with Crippen LogP contribution in [0.4, 0.5) is 0 Å². The van der Waals surface area contributed by atoms with Crippen molar-refractivity contribution in [3.8, 4) is 0 Å². The Morgan fingerprint density at radius 2 is 1.79 bits per heavy atom. The number of thiophene rings is 1. The quantitative estimate of drug-likeness (QED) is 0.318. The number of hydrogen-bond acceptors (Lipinski definition) is 4. The van der Waals surface area contributed by atoms with Crippen LogP contribution < -0.4 is 0 Å². The molecule has 1 aromatic rings. The summed E-state index contributed by atoms with van der Waals surface area (Å²) in [6, 6.07) is 0. The Kier molecular flexibility index (Phi) is 8.22. The molecule has 1 saturated carbocycles. The normalized spacial score (nSPS) is 24.7. The maximum absolute atomic E-state index is 12.6. The van der Waals surface area contributed by atoms with Gasteiger partial charge < -0.3 is 9.29 Å². The largest absolute Gasteiger partial charge is 0.478 e. The zero-order chi connectivity index (χ0) is 25.5. The molecule has 0 aliphatic heterocycles. The summed E-state index contributed by atoms with van der Waals surface area (Å²) in [4.78, 5) is 14.8. The van der Waals surface area contributed by atoms with E-state index in [1.54, 1.807) is 11.3 Å². The lowest BCUT2D eigenvalue weighted by atomic mass is 9.56. The zero-order valence-electron chi connectivity index (χ0n) is 22.4. The first-order valence-corrected chi connectivity index (χ1v) is 14.1. The average molecular weight is 505 g/mol. The Balaban J connectivity index is 0.00000158. The lowest BCUT2D eigenvalue weighted by Gasteiger charge is -2.48. The van der Waals surface area contributed by atoms with E-state index in [4.69, 9.17) is 4.18 Å². The zero-order valence-corrected chi connectivity index (χ0v) is 24.1. The van der Waals surface area contributed by atoms with Crippen molar-refractivity contribution in [2.75, 3.05) is 6.61 Å². The van der Waals surface area contributed by atoms with Crippen LogP contribution in [-0.4, -0.2) is 17.7 Å². The minimum Gasteiger partial charge on any atom is -0.478 e. The molecule has 1 atom stereocenters. The standard InChI is InChI=1S/C27H38O3S2.C2H6/c1-25(2)10-9-21-18(14-25)22(24(28)29)23(32-21)17-13-20-19(8-7-16(17)15-30-31)26(3,4)11-12-27(20,5)6;1-2/h13,19,31H,7-12,14-15H2,1-6H3,(H,28,29);1-2H3. The number of hydrogen-bond donors (Lipinski definition) is 2. The molecule has 1 aromatic heterocycles. The second-order valence-corrected chi connectivity index (χ2v) is 13.6. The highest BCUT2D eigenvalue weighted by molar-refractivity contribution is 7.75. The Bertz CT molecular complexity index is 991. The third-order valence-corrected chi connectivity index (χ3v) is 9.84. The van der Waals surface area contributed by atoms with Crippen molar-refractivity contribution < 1.29 is 14.1 Å². The van der Waals surface area contributed by atoms with E-state index in [9.17, 15) is 9.90 Å². The van der Waals surface area contributed by atoms with Gasteiger partial charge in [-0.25, -0.2) is 4.79 Å². The molecule has 0 amide bonds. The van der Waals surface area contributed by atoms with Gasteiger partial charge in [0.1, 0.15) is 0 Å². The number of fused-ring (bicyclic) bond motifs is 2. The Hall–Kier alpha value is -1.04. The minimum atomic E-state index is -0.795. The smallest absolute Gasteiger partial charge is 0.337 e. The lowest BCUT2D eigenvalue weighted by molar-refractivity contribution is 0.0695. The van der Waals surface area contributed by atoms with Gasteiger partial charge in [-0.3, -0.25) is 0 Å². The molecule has 1 unspecified atom stereocenters. The summed E-state index contributed by atoms with van der Waals surface area (Å²) < 4.78 is 5.35. The number of carboxylic acids is 1. The molecule has 0 aromatic carbocycles. The van der Waals surface area contributed by atoms with Gasteiger partial charge in [0.05, 0.1) is 12.2 Å². The number of carbonyl (C=O) groups is 1. The fraction of sp³-hybridized carbons (Fsp3) is 0.690. The van der Waals surface area contributed by atoms with E-state index < -0.39 is 5.97 Å². The molecule has 0 bridgehead atoms. The monoisotopic (exact) mass is 504 g/mol. The summed E-state index contributed by atoms with van der Waals surface area (Å²) in [5, 5.41) is 10.3. The van der Waals surface area contributed by atoms with Crippen LogP contribution in [0, 0.1) is 22.2 Å². The van der Waals surface area contributed by atoms with Crippen LogP contribution in [0.1, 0.15) is 113 Å². The van der Waals surface area contributed by atoms with Gasteiger partial charge in [0.15, 0.2) is 0 Å². The number of carboxylic acid groups (broad SMARTS) is 1. The van der Waals surface area contributed by atoms with Gasteiger partial charge in [-0.2, -0.15) is 0 Å². The second kappa shape index (κ2) is 10.1. The van der Waals surface area contributed by atoms with Crippen LogP contribution >= 0.6 is 24.2 Å². The highest BCUT2D eigenvalue weighted by Gasteiger charge is 2.45. The fourth-order valence-corrected chi connectivity index (χ4v) is 7.72. The van der Waals surface area contributed by atoms with Crippen molar-refractivity contribution in [1.29, 1.82) is 0 Å². The molecule has 1 N–H and O–H groups in total. The predicted molar refractivity (Wildman–Crippen MR) is 148 cm³/mol. The van der Waals surface area contributed by atoms with E-state index in [0.29, 0.717) is 18.1 Å². The lowest BCUT2D eigenvalue weighted by Crippen LogP contribution is -2.38. The molecular weight excluding hydrogens is 460 g/mol. The Morgan fingerprint density at radius 1 is 1.12 bits per heavy atom. The number of rotatable bonds is 4. The van der Waals surface area contributed by atoms with Crippen molar-refractivity contribution in [1.82, 2.24) is 0 Å². The van der Waals surface area contributed by atoms with Crippen molar-refractivity contribution in [3.05, 3.63) is 38.1 Å². The van der Waals surface area contributed by atoms with Crippen LogP contribution in [0.2, 0.25) is 0 Å². The van der Waals surface area contributed by atoms with Crippen LogP contribution in [0.25, 0.3) is 5.57 Å². The van der Waals surface area contributed by atoms with Crippen molar-refractivity contribution in [2.24, 2.45) is 22.2 Å². The molecule has 5 heteroatoms. The van der Waals surface area contributed by atoms with Crippen LogP contribution in [-0.2, 0) is 17.0 Å². The number of aromatic carboxylic acids is 1. The molecule has 190 valence electrons. The van der Waals surface area contributed by atoms with Crippen LogP contribution in [0.5, 0.6) is 0 Å². The second-order valence-electron chi connectivity index (χ2n) is 12.2. The Morgan fingerprint density at radius 3 is 2.41 bits per heavy atom. The van der Waals surface area contributed by atoms with E-state index in [2.05, 4.69) is 60.5 Å². The highest BCUT2D eigenvalue weighted by Crippen LogP contribution is 2.56. The van der Waals surface area contributed by atoms with E-state index in [0.717, 1.165) is 54.5 Å². The van der Waals surface area contributed by atoms with Gasteiger partial charge in [-0.1, -0.05) is 67.0 Å². The molecule has 34 heavy (non-hydrogen) atoms. The van der Waals surface area contributed by atoms with Crippen LogP contribution in [0.15, 0.2) is 17.2 Å². The van der Waals surface area contributed by atoms with Gasteiger partial charge >= 0.3 is 5.97 Å². The van der Waals surface area contributed by atoms with Gasteiger partial charge in [0.2, 0.25) is 0 Å². The molecule has 3 aliphatic rings. The number of thiol groups is 1. The molecule has 3 aliphatic carbocycles. The van der Waals surface area contributed by atoms with Crippen molar-refractivity contribution >= 4 is 35.8 Å². The maximum atomic E-state index is 12.6. The first-order valence-electron chi connectivity index (χ1n) is 12.9. The SMILES string of the molecule is CC.CC1(C)CCc2sc(C3=C(COS)CCC4C(=C3)C(C)(C)CCC4(C)C)c(C(=O)O)c2C1. The van der Waals surface area contributed by atoms with Gasteiger partial charge in [-0.15, -0.1) is 11.3 Å². The van der Waals surface area contributed by atoms with Crippen molar-refractivity contribution in [3.63, 3.8) is 0 Å². The maximum Gasteiger partial charge on any atom is 0.337 e. The van der Waals surface area contributed by atoms with Crippen molar-refractivity contribution in [2.45, 2.75) is 100 Å². The van der Waals surface area contributed by atoms with Gasteiger partial charge in [0.25, 0.3) is 0 Å². The summed E-state index contributed by atoms with van der Waals surface area (Å²) >= 11 is 5.80. The summed E-state index contributed by atoms with van der Waals surface area (Å²) in [6.45, 7) is 18.5. The summed E-state index contributed by atoms with van der Waals surface area (Å²) in [5.41, 5.74) is 5.88. The summed E-state index contributed by atoms with van der Waals surface area (Å²) in [5.74, 6) is -0.295. The van der Waals surface area contributed by atoms with E-state index >= 15 is 0 Å². The third kappa shape index (κ3) is 5.22.